The van der Waals surface area contributed by atoms with Gasteiger partial charge in [0.2, 0.25) is 5.91 Å². The Morgan fingerprint density at radius 2 is 2.20 bits per heavy atom. The monoisotopic (exact) mass is 212 g/mol. The number of nitrogens with zero attached hydrogens (tertiary/aromatic N) is 1. The molecule has 15 heavy (non-hydrogen) atoms. The Bertz CT molecular complexity index is 259. The maximum absolute atomic E-state index is 11.6. The minimum absolute atomic E-state index is 0.00567. The fraction of sp³-hybridized carbons (Fsp3) is 0.727. The standard InChI is InChI=1S/C11H20N2O2/c1-9(2)5-13(4)10(14)6-15-11(3)7-12-8-11/h12H,1,5-8H2,2-4H3. The van der Waals surface area contributed by atoms with Gasteiger partial charge in [-0.25, -0.2) is 0 Å². The summed E-state index contributed by atoms with van der Waals surface area (Å²) in [6.45, 7) is 10.1. The van der Waals surface area contributed by atoms with Crippen molar-refractivity contribution in [2.45, 2.75) is 19.4 Å². The largest absolute Gasteiger partial charge is 0.363 e. The van der Waals surface area contributed by atoms with E-state index in [4.69, 9.17) is 4.74 Å². The van der Waals surface area contributed by atoms with Crippen LogP contribution in [0.15, 0.2) is 12.2 Å². The highest BCUT2D eigenvalue weighted by Gasteiger charge is 2.33. The average molecular weight is 212 g/mol. The van der Waals surface area contributed by atoms with E-state index in [0.717, 1.165) is 18.7 Å². The van der Waals surface area contributed by atoms with Crippen molar-refractivity contribution in [3.8, 4) is 0 Å². The zero-order valence-electron chi connectivity index (χ0n) is 9.80. The van der Waals surface area contributed by atoms with E-state index in [1.54, 1.807) is 11.9 Å². The molecule has 0 atom stereocenters. The van der Waals surface area contributed by atoms with Crippen LogP contribution in [0.4, 0.5) is 0 Å². The first kappa shape index (κ1) is 12.2. The molecule has 0 saturated carbocycles. The highest BCUT2D eigenvalue weighted by Crippen LogP contribution is 2.14. The van der Waals surface area contributed by atoms with Crippen molar-refractivity contribution in [2.24, 2.45) is 0 Å². The van der Waals surface area contributed by atoms with Crippen molar-refractivity contribution >= 4 is 5.91 Å². The van der Waals surface area contributed by atoms with Gasteiger partial charge in [0.05, 0.1) is 5.60 Å². The summed E-state index contributed by atoms with van der Waals surface area (Å²) in [5.41, 5.74) is 0.821. The minimum atomic E-state index is -0.153. The molecule has 0 bridgehead atoms. The van der Waals surface area contributed by atoms with Gasteiger partial charge in [0.15, 0.2) is 0 Å². The van der Waals surface area contributed by atoms with Crippen LogP contribution in [-0.2, 0) is 9.53 Å². The molecule has 1 heterocycles. The van der Waals surface area contributed by atoms with E-state index >= 15 is 0 Å². The third-order valence-electron chi connectivity index (χ3n) is 2.47. The van der Waals surface area contributed by atoms with E-state index in [0.29, 0.717) is 6.54 Å². The first-order valence-electron chi connectivity index (χ1n) is 5.16. The second-order valence-corrected chi connectivity index (χ2v) is 4.55. The fourth-order valence-electron chi connectivity index (χ4n) is 1.42. The van der Waals surface area contributed by atoms with Crippen LogP contribution in [0.3, 0.4) is 0 Å². The van der Waals surface area contributed by atoms with E-state index in [-0.39, 0.29) is 18.1 Å². The van der Waals surface area contributed by atoms with E-state index in [9.17, 15) is 4.79 Å². The van der Waals surface area contributed by atoms with Crippen molar-refractivity contribution in [2.75, 3.05) is 33.3 Å². The van der Waals surface area contributed by atoms with Gasteiger partial charge in [-0.2, -0.15) is 0 Å². The highest BCUT2D eigenvalue weighted by molar-refractivity contribution is 5.77. The Kier molecular flexibility index (Phi) is 3.88. The van der Waals surface area contributed by atoms with E-state index in [1.165, 1.54) is 0 Å². The summed E-state index contributed by atoms with van der Waals surface area (Å²) in [5.74, 6) is 0.00567. The lowest BCUT2D eigenvalue weighted by Crippen LogP contribution is -2.59. The van der Waals surface area contributed by atoms with Crippen LogP contribution in [0.5, 0.6) is 0 Å². The molecular formula is C11H20N2O2. The maximum atomic E-state index is 11.6. The molecule has 1 saturated heterocycles. The first-order chi connectivity index (χ1) is 6.93. The molecule has 1 fully saturated rings. The zero-order chi connectivity index (χ0) is 11.5. The van der Waals surface area contributed by atoms with E-state index < -0.39 is 0 Å². The van der Waals surface area contributed by atoms with Crippen LogP contribution in [0.2, 0.25) is 0 Å². The predicted molar refractivity (Wildman–Crippen MR) is 59.7 cm³/mol. The van der Waals surface area contributed by atoms with Crippen LogP contribution < -0.4 is 5.32 Å². The topological polar surface area (TPSA) is 41.6 Å². The molecule has 1 rings (SSSR count). The second-order valence-electron chi connectivity index (χ2n) is 4.55. The molecule has 4 nitrogen and oxygen atoms in total. The Hall–Kier alpha value is -0.870. The summed E-state index contributed by atoms with van der Waals surface area (Å²) in [5, 5.41) is 3.12. The number of hydrogen-bond donors (Lipinski definition) is 1. The number of amides is 1. The Balaban J connectivity index is 2.25. The number of nitrogens with one attached hydrogen (secondary N) is 1. The first-order valence-corrected chi connectivity index (χ1v) is 5.16. The lowest BCUT2D eigenvalue weighted by atomic mass is 10.0. The number of rotatable bonds is 5. The van der Waals surface area contributed by atoms with Crippen LogP contribution in [0.25, 0.3) is 0 Å². The number of likely N-dealkylation sites (N-methyl/N-ethyl adjacent to an activating group) is 1. The Labute approximate surface area is 91.3 Å². The second kappa shape index (κ2) is 4.77. The molecule has 1 aliphatic heterocycles. The van der Waals surface area contributed by atoms with Gasteiger partial charge in [-0.05, 0) is 13.8 Å². The van der Waals surface area contributed by atoms with Gasteiger partial charge >= 0.3 is 0 Å². The highest BCUT2D eigenvalue weighted by atomic mass is 16.5. The summed E-state index contributed by atoms with van der Waals surface area (Å²) in [6, 6.07) is 0. The summed E-state index contributed by atoms with van der Waals surface area (Å²) >= 11 is 0. The van der Waals surface area contributed by atoms with Crippen molar-refractivity contribution in [1.29, 1.82) is 0 Å². The average Bonchev–Trinajstić information content (AvgIpc) is 2.10. The predicted octanol–water partition coefficient (Wildman–Crippen LogP) is 0.399. The molecular weight excluding hydrogens is 192 g/mol. The SMILES string of the molecule is C=C(C)CN(C)C(=O)COC1(C)CNC1. The number of ether oxygens (including phenoxy) is 1. The summed E-state index contributed by atoms with van der Waals surface area (Å²) in [7, 11) is 1.77. The van der Waals surface area contributed by atoms with Gasteiger partial charge in [0.1, 0.15) is 6.61 Å². The van der Waals surface area contributed by atoms with Gasteiger partial charge in [-0.15, -0.1) is 0 Å². The third-order valence-corrected chi connectivity index (χ3v) is 2.47. The molecule has 1 amide bonds. The van der Waals surface area contributed by atoms with Crippen LogP contribution in [-0.4, -0.2) is 49.7 Å². The normalized spacial score (nSPS) is 18.1. The van der Waals surface area contributed by atoms with Gasteiger partial charge < -0.3 is 15.0 Å². The molecule has 0 aliphatic carbocycles. The van der Waals surface area contributed by atoms with Gasteiger partial charge in [-0.1, -0.05) is 12.2 Å². The molecule has 1 aliphatic rings. The smallest absolute Gasteiger partial charge is 0.248 e. The minimum Gasteiger partial charge on any atom is -0.363 e. The number of hydrogen-bond acceptors (Lipinski definition) is 3. The molecule has 0 spiro atoms. The number of carbonyl (C=O) groups is 1. The van der Waals surface area contributed by atoms with Crippen molar-refractivity contribution in [3.63, 3.8) is 0 Å². The van der Waals surface area contributed by atoms with Gasteiger partial charge in [0, 0.05) is 26.7 Å². The lowest BCUT2D eigenvalue weighted by Gasteiger charge is -2.39. The molecule has 0 unspecified atom stereocenters. The lowest BCUT2D eigenvalue weighted by molar-refractivity contribution is -0.144. The molecule has 0 aromatic rings. The van der Waals surface area contributed by atoms with E-state index in [2.05, 4.69) is 11.9 Å². The summed E-state index contributed by atoms with van der Waals surface area (Å²) < 4.78 is 5.55. The third kappa shape index (κ3) is 3.64. The maximum Gasteiger partial charge on any atom is 0.248 e. The van der Waals surface area contributed by atoms with Gasteiger partial charge in [-0.3, -0.25) is 4.79 Å². The van der Waals surface area contributed by atoms with Crippen LogP contribution in [0, 0.1) is 0 Å². The molecule has 86 valence electrons. The Morgan fingerprint density at radius 3 is 2.60 bits per heavy atom. The molecule has 0 aromatic carbocycles. The van der Waals surface area contributed by atoms with Crippen molar-refractivity contribution in [1.82, 2.24) is 10.2 Å². The van der Waals surface area contributed by atoms with Gasteiger partial charge in [0.25, 0.3) is 0 Å². The fourth-order valence-corrected chi connectivity index (χ4v) is 1.42. The molecule has 0 aromatic heterocycles. The summed E-state index contributed by atoms with van der Waals surface area (Å²) in [4.78, 5) is 13.2. The molecule has 4 heteroatoms. The Morgan fingerprint density at radius 1 is 1.60 bits per heavy atom. The quantitative estimate of drug-likeness (QED) is 0.671. The number of carbonyl (C=O) groups excluding carboxylic acids is 1. The summed E-state index contributed by atoms with van der Waals surface area (Å²) in [6.07, 6.45) is 0. The zero-order valence-corrected chi connectivity index (χ0v) is 9.80. The molecule has 1 N–H and O–H groups in total. The van der Waals surface area contributed by atoms with Crippen LogP contribution >= 0.6 is 0 Å². The van der Waals surface area contributed by atoms with E-state index in [1.807, 2.05) is 13.8 Å². The van der Waals surface area contributed by atoms with Crippen molar-refractivity contribution < 1.29 is 9.53 Å². The van der Waals surface area contributed by atoms with Crippen molar-refractivity contribution in [3.05, 3.63) is 12.2 Å². The van der Waals surface area contributed by atoms with Crippen LogP contribution in [0.1, 0.15) is 13.8 Å². The molecule has 0 radical (unpaired) electrons.